The molecule has 0 aliphatic carbocycles. The maximum Gasteiger partial charge on any atom is 0.332 e. The van der Waals surface area contributed by atoms with Crippen molar-refractivity contribution >= 4 is 6.02 Å². The van der Waals surface area contributed by atoms with Crippen molar-refractivity contribution in [2.75, 3.05) is 0 Å². The maximum atomic E-state index is 9.91. The van der Waals surface area contributed by atoms with Gasteiger partial charge < -0.3 is 15.6 Å². The monoisotopic (exact) mass is 199 g/mol. The third-order valence-corrected chi connectivity index (χ3v) is 3.06. The summed E-state index contributed by atoms with van der Waals surface area (Å²) in [6, 6.07) is 0.486. The van der Waals surface area contributed by atoms with Crippen LogP contribution in [0.3, 0.4) is 0 Å². The summed E-state index contributed by atoms with van der Waals surface area (Å²) in [6.45, 7) is 5.73. The van der Waals surface area contributed by atoms with E-state index in [2.05, 4.69) is 5.10 Å². The molecule has 4 unspecified atom stereocenters. The number of amidine groups is 1. The van der Waals surface area contributed by atoms with Gasteiger partial charge in [0.1, 0.15) is 6.04 Å². The highest BCUT2D eigenvalue weighted by Gasteiger charge is 2.60. The number of hydrogen-bond acceptors (Lipinski definition) is 5. The quantitative estimate of drug-likeness (QED) is 0.663. The molecule has 80 valence electrons. The molecule has 5 heteroatoms. The second kappa shape index (κ2) is 2.84. The molecule has 0 saturated carbocycles. The minimum atomic E-state index is -0.611. The van der Waals surface area contributed by atoms with Crippen molar-refractivity contribution < 1.29 is 9.84 Å². The summed E-state index contributed by atoms with van der Waals surface area (Å²) in [7, 11) is 0. The molecule has 4 atom stereocenters. The van der Waals surface area contributed by atoms with Gasteiger partial charge in [-0.15, -0.1) is 5.10 Å². The zero-order valence-corrected chi connectivity index (χ0v) is 8.77. The van der Waals surface area contributed by atoms with Crippen molar-refractivity contribution in [3.63, 3.8) is 0 Å². The molecule has 0 amide bonds. The topological polar surface area (TPSA) is 70.8 Å². The van der Waals surface area contributed by atoms with Crippen LogP contribution in [0.5, 0.6) is 0 Å². The van der Waals surface area contributed by atoms with Crippen molar-refractivity contribution in [3.05, 3.63) is 0 Å². The summed E-state index contributed by atoms with van der Waals surface area (Å²) < 4.78 is 5.60. The Morgan fingerprint density at radius 1 is 1.79 bits per heavy atom. The highest BCUT2D eigenvalue weighted by atomic mass is 16.6. The van der Waals surface area contributed by atoms with E-state index in [0.717, 1.165) is 0 Å². The van der Waals surface area contributed by atoms with E-state index >= 15 is 0 Å². The second-order valence-corrected chi connectivity index (χ2v) is 4.24. The number of aliphatic hydroxyl groups is 1. The van der Waals surface area contributed by atoms with E-state index in [1.54, 1.807) is 5.01 Å². The number of ether oxygens (including phenoxy) is 1. The van der Waals surface area contributed by atoms with Crippen LogP contribution >= 0.6 is 0 Å². The van der Waals surface area contributed by atoms with Crippen molar-refractivity contribution in [2.45, 2.75) is 51.0 Å². The van der Waals surface area contributed by atoms with Crippen LogP contribution in [0.1, 0.15) is 27.2 Å². The zero-order chi connectivity index (χ0) is 10.5. The molecule has 5 nitrogen and oxygen atoms in total. The van der Waals surface area contributed by atoms with Crippen LogP contribution in [-0.2, 0) is 4.74 Å². The zero-order valence-electron chi connectivity index (χ0n) is 8.77. The number of hydrogen-bond donors (Lipinski definition) is 2. The third kappa shape index (κ3) is 1.12. The van der Waals surface area contributed by atoms with Crippen molar-refractivity contribution in [2.24, 2.45) is 10.8 Å². The number of nitrogens with zero attached hydrogens (tertiary/aromatic N) is 2. The van der Waals surface area contributed by atoms with Crippen LogP contribution in [-0.4, -0.2) is 39.9 Å². The van der Waals surface area contributed by atoms with Crippen LogP contribution in [0.4, 0.5) is 0 Å². The Hall–Kier alpha value is -0.810. The van der Waals surface area contributed by atoms with E-state index in [4.69, 9.17) is 10.5 Å². The highest BCUT2D eigenvalue weighted by molar-refractivity contribution is 5.86. The molecule has 0 bridgehead atoms. The molecule has 1 saturated heterocycles. The van der Waals surface area contributed by atoms with Gasteiger partial charge in [0.25, 0.3) is 0 Å². The summed E-state index contributed by atoms with van der Waals surface area (Å²) in [5, 5.41) is 15.7. The third-order valence-electron chi connectivity index (χ3n) is 3.06. The minimum absolute atomic E-state index is 0.0487. The van der Waals surface area contributed by atoms with Gasteiger partial charge in [0.05, 0.1) is 6.10 Å². The largest absolute Gasteiger partial charge is 0.451 e. The number of rotatable bonds is 3. The first-order valence-electron chi connectivity index (χ1n) is 5.01. The average Bonchev–Trinajstić information content (AvgIpc) is 2.76. The number of aliphatic hydroxyl groups excluding tert-OH is 1. The van der Waals surface area contributed by atoms with E-state index in [9.17, 15) is 5.11 Å². The normalized spacial score (nSPS) is 38.5. The Labute approximate surface area is 83.5 Å². The standard InChI is InChI=1S/C9H17N3O2/c1-4-6(13)9(3)7(5(2)10)12-8(11-12)14-9/h5-7,13H,4,10H2,1-3H3. The molecule has 2 heterocycles. The Morgan fingerprint density at radius 2 is 2.43 bits per heavy atom. The molecule has 3 N–H and O–H groups in total. The summed E-state index contributed by atoms with van der Waals surface area (Å²) in [6.07, 6.45) is 0.148. The predicted molar refractivity (Wildman–Crippen MR) is 52.5 cm³/mol. The Kier molecular flexibility index (Phi) is 1.97. The van der Waals surface area contributed by atoms with Gasteiger partial charge in [0, 0.05) is 6.04 Å². The van der Waals surface area contributed by atoms with Gasteiger partial charge in [-0.2, -0.15) is 0 Å². The van der Waals surface area contributed by atoms with Gasteiger partial charge in [0.2, 0.25) is 0 Å². The van der Waals surface area contributed by atoms with E-state index in [0.29, 0.717) is 12.4 Å². The molecular formula is C9H17N3O2. The summed E-state index contributed by atoms with van der Waals surface area (Å²) in [5.41, 5.74) is 5.27. The Morgan fingerprint density at radius 3 is 2.93 bits per heavy atom. The summed E-state index contributed by atoms with van der Waals surface area (Å²) in [4.78, 5) is 0. The molecule has 2 rings (SSSR count). The second-order valence-electron chi connectivity index (χ2n) is 4.24. The Bertz CT molecular complexity index is 279. The Balaban J connectivity index is 2.21. The van der Waals surface area contributed by atoms with E-state index in [-0.39, 0.29) is 12.1 Å². The fraction of sp³-hybridized carbons (Fsp3) is 0.889. The summed E-state index contributed by atoms with van der Waals surface area (Å²) >= 11 is 0. The fourth-order valence-corrected chi connectivity index (χ4v) is 2.23. The number of hydrazone groups is 1. The average molecular weight is 199 g/mol. The van der Waals surface area contributed by atoms with E-state index in [1.807, 2.05) is 20.8 Å². The fourth-order valence-electron chi connectivity index (χ4n) is 2.23. The van der Waals surface area contributed by atoms with Gasteiger partial charge >= 0.3 is 6.02 Å². The molecular weight excluding hydrogens is 182 g/mol. The maximum absolute atomic E-state index is 9.91. The lowest BCUT2D eigenvalue weighted by molar-refractivity contribution is -0.0635. The summed E-state index contributed by atoms with van der Waals surface area (Å²) in [5.74, 6) is 0. The van der Waals surface area contributed by atoms with Gasteiger partial charge in [-0.1, -0.05) is 6.92 Å². The molecule has 2 aliphatic heterocycles. The van der Waals surface area contributed by atoms with Crippen LogP contribution < -0.4 is 5.73 Å². The molecule has 2 aliphatic rings. The molecule has 0 radical (unpaired) electrons. The molecule has 1 fully saturated rings. The van der Waals surface area contributed by atoms with Gasteiger partial charge in [-0.25, -0.2) is 5.01 Å². The van der Waals surface area contributed by atoms with Crippen LogP contribution in [0, 0.1) is 0 Å². The van der Waals surface area contributed by atoms with Crippen molar-refractivity contribution in [1.82, 2.24) is 5.01 Å². The minimum Gasteiger partial charge on any atom is -0.451 e. The van der Waals surface area contributed by atoms with Gasteiger partial charge in [-0.3, -0.25) is 0 Å². The van der Waals surface area contributed by atoms with E-state index < -0.39 is 11.7 Å². The van der Waals surface area contributed by atoms with Crippen LogP contribution in [0.2, 0.25) is 0 Å². The SMILES string of the molecule is CCC(O)C1(C)OC2=NN2C1C(C)N. The highest BCUT2D eigenvalue weighted by Crippen LogP contribution is 2.41. The first-order chi connectivity index (χ1) is 6.50. The van der Waals surface area contributed by atoms with Gasteiger partial charge in [-0.05, 0) is 20.3 Å². The lowest BCUT2D eigenvalue weighted by Crippen LogP contribution is -2.56. The first kappa shape index (κ1) is 9.73. The molecule has 0 aromatic rings. The van der Waals surface area contributed by atoms with Crippen LogP contribution in [0.25, 0.3) is 0 Å². The van der Waals surface area contributed by atoms with Crippen molar-refractivity contribution in [3.8, 4) is 0 Å². The van der Waals surface area contributed by atoms with E-state index in [1.165, 1.54) is 0 Å². The predicted octanol–water partition coefficient (Wildman–Crippen LogP) is -0.151. The number of fused-ring (bicyclic) bond motifs is 1. The number of nitrogens with two attached hydrogens (primary N) is 1. The smallest absolute Gasteiger partial charge is 0.332 e. The lowest BCUT2D eigenvalue weighted by Gasteiger charge is -2.36. The van der Waals surface area contributed by atoms with Gasteiger partial charge in [0.15, 0.2) is 5.60 Å². The van der Waals surface area contributed by atoms with Crippen molar-refractivity contribution in [1.29, 1.82) is 0 Å². The lowest BCUT2D eigenvalue weighted by atomic mass is 9.85. The van der Waals surface area contributed by atoms with Crippen LogP contribution in [0.15, 0.2) is 5.10 Å². The molecule has 0 aromatic heterocycles. The molecule has 0 aromatic carbocycles. The molecule has 14 heavy (non-hydrogen) atoms. The first-order valence-corrected chi connectivity index (χ1v) is 5.01. The molecule has 0 spiro atoms.